The number of ether oxygens (including phenoxy) is 1. The molecule has 1 aromatic heterocycles. The molecule has 1 amide bonds. The Bertz CT molecular complexity index is 466. The van der Waals surface area contributed by atoms with Crippen LogP contribution in [-0.4, -0.2) is 49.8 Å². The van der Waals surface area contributed by atoms with Gasteiger partial charge in [-0.15, -0.1) is 5.10 Å². The molecule has 1 N–H and O–H groups in total. The van der Waals surface area contributed by atoms with Gasteiger partial charge in [-0.25, -0.2) is 9.48 Å². The van der Waals surface area contributed by atoms with Crippen LogP contribution in [0.15, 0.2) is 6.20 Å². The Balaban J connectivity index is 1.99. The molecule has 20 heavy (non-hydrogen) atoms. The minimum absolute atomic E-state index is 0.0871. The van der Waals surface area contributed by atoms with Gasteiger partial charge in [-0.3, -0.25) is 0 Å². The van der Waals surface area contributed by atoms with Crippen LogP contribution in [0.3, 0.4) is 0 Å². The summed E-state index contributed by atoms with van der Waals surface area (Å²) >= 11 is 0. The summed E-state index contributed by atoms with van der Waals surface area (Å²) in [5.41, 5.74) is 0.0563. The highest BCUT2D eigenvalue weighted by atomic mass is 16.6. The van der Waals surface area contributed by atoms with E-state index in [0.29, 0.717) is 18.8 Å². The van der Waals surface area contributed by atoms with Gasteiger partial charge in [0.25, 0.3) is 0 Å². The van der Waals surface area contributed by atoms with Gasteiger partial charge in [-0.05, 0) is 33.6 Å². The number of aliphatic hydroxyl groups is 1. The zero-order valence-electron chi connectivity index (χ0n) is 12.2. The van der Waals surface area contributed by atoms with Crippen molar-refractivity contribution in [3.8, 4) is 0 Å². The number of piperidine rings is 1. The molecule has 1 aliphatic heterocycles. The van der Waals surface area contributed by atoms with E-state index in [1.165, 1.54) is 0 Å². The number of carbonyl (C=O) groups is 1. The number of aromatic nitrogens is 3. The van der Waals surface area contributed by atoms with Crippen molar-refractivity contribution in [1.29, 1.82) is 0 Å². The molecule has 0 spiro atoms. The zero-order chi connectivity index (χ0) is 14.8. The summed E-state index contributed by atoms with van der Waals surface area (Å²) in [5.74, 6) is 0. The number of nitrogens with zero attached hydrogens (tertiary/aromatic N) is 4. The fraction of sp³-hybridized carbons (Fsp3) is 0.769. The first kappa shape index (κ1) is 14.8. The van der Waals surface area contributed by atoms with Crippen LogP contribution in [0, 0.1) is 0 Å². The van der Waals surface area contributed by atoms with Crippen LogP contribution in [-0.2, 0) is 11.3 Å². The quantitative estimate of drug-likeness (QED) is 0.885. The molecule has 1 aliphatic rings. The van der Waals surface area contributed by atoms with E-state index in [-0.39, 0.29) is 18.7 Å². The molecular weight excluding hydrogens is 260 g/mol. The molecular formula is C13H22N4O3. The Morgan fingerprint density at radius 2 is 2.30 bits per heavy atom. The maximum Gasteiger partial charge on any atom is 0.410 e. The standard InChI is InChI=1S/C13H22N4O3/c1-13(2,3)20-12(19)16-6-4-5-11(8-16)17-7-10(9-18)14-15-17/h7,11,18H,4-6,8-9H2,1-3H3. The van der Waals surface area contributed by atoms with Gasteiger partial charge < -0.3 is 14.7 Å². The van der Waals surface area contributed by atoms with Crippen LogP contribution in [0.25, 0.3) is 0 Å². The largest absolute Gasteiger partial charge is 0.444 e. The van der Waals surface area contributed by atoms with Crippen LogP contribution in [0.4, 0.5) is 4.79 Å². The van der Waals surface area contributed by atoms with Crippen molar-refractivity contribution in [2.45, 2.75) is 51.9 Å². The van der Waals surface area contributed by atoms with Gasteiger partial charge in [0.15, 0.2) is 0 Å². The molecule has 0 saturated carbocycles. The third kappa shape index (κ3) is 3.69. The molecule has 0 aliphatic carbocycles. The van der Waals surface area contributed by atoms with E-state index >= 15 is 0 Å². The lowest BCUT2D eigenvalue weighted by Crippen LogP contribution is -2.43. The Morgan fingerprint density at radius 1 is 1.55 bits per heavy atom. The highest BCUT2D eigenvalue weighted by Crippen LogP contribution is 2.22. The predicted molar refractivity (Wildman–Crippen MR) is 72.0 cm³/mol. The van der Waals surface area contributed by atoms with Crippen molar-refractivity contribution in [3.63, 3.8) is 0 Å². The molecule has 1 fully saturated rings. The molecule has 0 aromatic carbocycles. The van der Waals surface area contributed by atoms with Gasteiger partial charge >= 0.3 is 6.09 Å². The Hall–Kier alpha value is -1.63. The number of hydrogen-bond acceptors (Lipinski definition) is 5. The third-order valence-electron chi connectivity index (χ3n) is 3.14. The summed E-state index contributed by atoms with van der Waals surface area (Å²) in [4.78, 5) is 13.8. The predicted octanol–water partition coefficient (Wildman–Crippen LogP) is 1.34. The van der Waals surface area contributed by atoms with E-state index in [1.807, 2.05) is 20.8 Å². The highest BCUT2D eigenvalue weighted by molar-refractivity contribution is 5.68. The van der Waals surface area contributed by atoms with Gasteiger partial charge in [-0.2, -0.15) is 0 Å². The molecule has 1 saturated heterocycles. The summed E-state index contributed by atoms with van der Waals surface area (Å²) < 4.78 is 7.11. The van der Waals surface area contributed by atoms with Crippen molar-refractivity contribution in [2.75, 3.05) is 13.1 Å². The minimum Gasteiger partial charge on any atom is -0.444 e. The van der Waals surface area contributed by atoms with Crippen molar-refractivity contribution in [3.05, 3.63) is 11.9 Å². The van der Waals surface area contributed by atoms with Crippen LogP contribution in [0.1, 0.15) is 45.3 Å². The first-order valence-corrected chi connectivity index (χ1v) is 6.88. The van der Waals surface area contributed by atoms with Gasteiger partial charge in [0.2, 0.25) is 0 Å². The van der Waals surface area contributed by atoms with Crippen molar-refractivity contribution < 1.29 is 14.6 Å². The molecule has 2 heterocycles. The van der Waals surface area contributed by atoms with E-state index in [9.17, 15) is 4.79 Å². The fourth-order valence-electron chi connectivity index (χ4n) is 2.23. The van der Waals surface area contributed by atoms with Gasteiger partial charge in [-0.1, -0.05) is 5.21 Å². The molecule has 0 radical (unpaired) electrons. The Kier molecular flexibility index (Phi) is 4.27. The van der Waals surface area contributed by atoms with Crippen LogP contribution in [0.5, 0.6) is 0 Å². The minimum atomic E-state index is -0.485. The lowest BCUT2D eigenvalue weighted by atomic mass is 10.1. The summed E-state index contributed by atoms with van der Waals surface area (Å²) in [6.45, 7) is 6.71. The maximum absolute atomic E-state index is 12.1. The Morgan fingerprint density at radius 3 is 2.90 bits per heavy atom. The van der Waals surface area contributed by atoms with E-state index in [4.69, 9.17) is 9.84 Å². The highest BCUT2D eigenvalue weighted by Gasteiger charge is 2.28. The summed E-state index contributed by atoms with van der Waals surface area (Å²) in [6, 6.07) is 0.0871. The molecule has 1 unspecified atom stereocenters. The third-order valence-corrected chi connectivity index (χ3v) is 3.14. The van der Waals surface area contributed by atoms with Crippen LogP contribution >= 0.6 is 0 Å². The van der Waals surface area contributed by atoms with Crippen molar-refractivity contribution in [1.82, 2.24) is 19.9 Å². The topological polar surface area (TPSA) is 80.5 Å². The number of rotatable bonds is 2. The molecule has 7 nitrogen and oxygen atoms in total. The van der Waals surface area contributed by atoms with Crippen molar-refractivity contribution in [2.24, 2.45) is 0 Å². The van der Waals surface area contributed by atoms with Gasteiger partial charge in [0.1, 0.15) is 11.3 Å². The lowest BCUT2D eigenvalue weighted by Gasteiger charge is -2.33. The lowest BCUT2D eigenvalue weighted by molar-refractivity contribution is 0.0166. The smallest absolute Gasteiger partial charge is 0.410 e. The molecule has 2 rings (SSSR count). The van der Waals surface area contributed by atoms with E-state index in [2.05, 4.69) is 10.3 Å². The van der Waals surface area contributed by atoms with E-state index in [0.717, 1.165) is 12.8 Å². The first-order chi connectivity index (χ1) is 9.39. The normalized spacial score (nSPS) is 20.0. The number of carbonyl (C=O) groups excluding carboxylic acids is 1. The number of hydrogen-bond donors (Lipinski definition) is 1. The average molecular weight is 282 g/mol. The summed E-state index contributed by atoms with van der Waals surface area (Å²) in [7, 11) is 0. The van der Waals surface area contributed by atoms with Gasteiger partial charge in [0, 0.05) is 13.1 Å². The molecule has 0 bridgehead atoms. The number of aliphatic hydroxyl groups excluding tert-OH is 1. The summed E-state index contributed by atoms with van der Waals surface area (Å²) in [5, 5.41) is 16.9. The second kappa shape index (κ2) is 5.78. The first-order valence-electron chi connectivity index (χ1n) is 6.88. The van der Waals surface area contributed by atoms with Gasteiger partial charge in [0.05, 0.1) is 18.8 Å². The monoisotopic (exact) mass is 282 g/mol. The van der Waals surface area contributed by atoms with E-state index in [1.54, 1.807) is 15.8 Å². The van der Waals surface area contributed by atoms with E-state index < -0.39 is 5.60 Å². The number of amides is 1. The SMILES string of the molecule is CC(C)(C)OC(=O)N1CCCC(n2cc(CO)nn2)C1. The molecule has 1 atom stereocenters. The molecule has 112 valence electrons. The van der Waals surface area contributed by atoms with Crippen molar-refractivity contribution >= 4 is 6.09 Å². The van der Waals surface area contributed by atoms with Crippen LogP contribution in [0.2, 0.25) is 0 Å². The second-order valence-corrected chi connectivity index (χ2v) is 6.07. The molecule has 7 heteroatoms. The second-order valence-electron chi connectivity index (χ2n) is 6.07. The van der Waals surface area contributed by atoms with Crippen LogP contribution < -0.4 is 0 Å². The number of likely N-dealkylation sites (tertiary alicyclic amines) is 1. The maximum atomic E-state index is 12.1. The fourth-order valence-corrected chi connectivity index (χ4v) is 2.23. The average Bonchev–Trinajstić information content (AvgIpc) is 2.85. The Labute approximate surface area is 118 Å². The molecule has 1 aromatic rings. The summed E-state index contributed by atoms with van der Waals surface area (Å²) in [6.07, 6.45) is 3.28. The zero-order valence-corrected chi connectivity index (χ0v) is 12.2.